The highest BCUT2D eigenvalue weighted by atomic mass is 16.3. The molecular formula is C15H29N3O2. The molecule has 5 nitrogen and oxygen atoms in total. The van der Waals surface area contributed by atoms with Gasteiger partial charge in [0.2, 0.25) is 5.91 Å². The summed E-state index contributed by atoms with van der Waals surface area (Å²) in [6.07, 6.45) is 2.61. The lowest BCUT2D eigenvalue weighted by molar-refractivity contribution is -0.127. The SMILES string of the molecule is CC(O)CN1CCN(CCCN2CCCC2=O)CC1C. The fraction of sp³-hybridized carbons (Fsp3) is 0.933. The third-order valence-electron chi connectivity index (χ3n) is 4.42. The smallest absolute Gasteiger partial charge is 0.222 e. The van der Waals surface area contributed by atoms with Crippen LogP contribution in [0.2, 0.25) is 0 Å². The summed E-state index contributed by atoms with van der Waals surface area (Å²) >= 11 is 0. The van der Waals surface area contributed by atoms with E-state index in [-0.39, 0.29) is 6.10 Å². The Morgan fingerprint density at radius 1 is 1.30 bits per heavy atom. The molecule has 0 aliphatic carbocycles. The lowest BCUT2D eigenvalue weighted by Crippen LogP contribution is -2.53. The Morgan fingerprint density at radius 2 is 2.10 bits per heavy atom. The van der Waals surface area contributed by atoms with Crippen LogP contribution in [0.5, 0.6) is 0 Å². The number of nitrogens with zero attached hydrogens (tertiary/aromatic N) is 3. The first-order valence-electron chi connectivity index (χ1n) is 7.98. The number of carbonyl (C=O) groups excluding carboxylic acids is 1. The number of carbonyl (C=O) groups is 1. The first-order valence-corrected chi connectivity index (χ1v) is 7.98. The minimum atomic E-state index is -0.245. The maximum atomic E-state index is 11.5. The molecule has 0 spiro atoms. The molecule has 0 bridgehead atoms. The zero-order chi connectivity index (χ0) is 14.5. The number of amides is 1. The molecule has 2 aliphatic rings. The van der Waals surface area contributed by atoms with Crippen LogP contribution in [0.3, 0.4) is 0 Å². The van der Waals surface area contributed by atoms with E-state index in [1.54, 1.807) is 0 Å². The van der Waals surface area contributed by atoms with Crippen molar-refractivity contribution in [3.05, 3.63) is 0 Å². The average molecular weight is 283 g/mol. The molecule has 0 aromatic rings. The number of aliphatic hydroxyl groups is 1. The van der Waals surface area contributed by atoms with Crippen LogP contribution in [0.1, 0.15) is 33.1 Å². The van der Waals surface area contributed by atoms with E-state index in [1.165, 1.54) is 0 Å². The summed E-state index contributed by atoms with van der Waals surface area (Å²) in [6, 6.07) is 0.506. The Kier molecular flexibility index (Phi) is 5.81. The van der Waals surface area contributed by atoms with Crippen LogP contribution in [-0.2, 0) is 4.79 Å². The highest BCUT2D eigenvalue weighted by Gasteiger charge is 2.24. The van der Waals surface area contributed by atoms with Gasteiger partial charge in [-0.05, 0) is 33.2 Å². The summed E-state index contributed by atoms with van der Waals surface area (Å²) < 4.78 is 0. The van der Waals surface area contributed by atoms with Crippen molar-refractivity contribution >= 4 is 5.91 Å². The average Bonchev–Trinajstić information content (AvgIpc) is 2.78. The van der Waals surface area contributed by atoms with Crippen molar-refractivity contribution in [2.75, 3.05) is 45.8 Å². The molecule has 0 saturated carbocycles. The molecule has 0 radical (unpaired) electrons. The van der Waals surface area contributed by atoms with Gasteiger partial charge in [-0.1, -0.05) is 0 Å². The zero-order valence-corrected chi connectivity index (χ0v) is 12.9. The number of β-amino-alcohol motifs (C(OH)–C–C–N with tert-alkyl or cyclic N) is 1. The third kappa shape index (κ3) is 4.43. The molecule has 0 aromatic carbocycles. The van der Waals surface area contributed by atoms with E-state index in [2.05, 4.69) is 16.7 Å². The molecule has 1 N–H and O–H groups in total. The normalized spacial score (nSPS) is 27.2. The quantitative estimate of drug-likeness (QED) is 0.766. The van der Waals surface area contributed by atoms with Gasteiger partial charge < -0.3 is 14.9 Å². The number of rotatable bonds is 6. The largest absolute Gasteiger partial charge is 0.392 e. The number of hydrogen-bond acceptors (Lipinski definition) is 4. The lowest BCUT2D eigenvalue weighted by atomic mass is 10.1. The van der Waals surface area contributed by atoms with E-state index in [0.29, 0.717) is 11.9 Å². The summed E-state index contributed by atoms with van der Waals surface area (Å²) in [5.41, 5.74) is 0. The second-order valence-electron chi connectivity index (χ2n) is 6.33. The number of likely N-dealkylation sites (tertiary alicyclic amines) is 1. The Balaban J connectivity index is 1.64. The summed E-state index contributed by atoms with van der Waals surface area (Å²) in [5, 5.41) is 9.48. The van der Waals surface area contributed by atoms with Gasteiger partial charge in [-0.15, -0.1) is 0 Å². The fourth-order valence-corrected chi connectivity index (χ4v) is 3.31. The van der Waals surface area contributed by atoms with Gasteiger partial charge in [0, 0.05) is 51.7 Å². The molecule has 20 heavy (non-hydrogen) atoms. The molecule has 2 rings (SSSR count). The lowest BCUT2D eigenvalue weighted by Gasteiger charge is -2.40. The Morgan fingerprint density at radius 3 is 2.70 bits per heavy atom. The molecule has 1 amide bonds. The summed E-state index contributed by atoms with van der Waals surface area (Å²) in [5.74, 6) is 0.333. The second-order valence-corrected chi connectivity index (χ2v) is 6.33. The van der Waals surface area contributed by atoms with E-state index in [4.69, 9.17) is 0 Å². The molecule has 2 heterocycles. The van der Waals surface area contributed by atoms with Gasteiger partial charge >= 0.3 is 0 Å². The van der Waals surface area contributed by atoms with Crippen molar-refractivity contribution in [3.63, 3.8) is 0 Å². The second kappa shape index (κ2) is 7.38. The zero-order valence-electron chi connectivity index (χ0n) is 12.9. The van der Waals surface area contributed by atoms with Gasteiger partial charge in [-0.25, -0.2) is 0 Å². The van der Waals surface area contributed by atoms with Gasteiger partial charge in [-0.3, -0.25) is 9.69 Å². The van der Waals surface area contributed by atoms with Crippen LogP contribution in [0.15, 0.2) is 0 Å². The van der Waals surface area contributed by atoms with Crippen LogP contribution < -0.4 is 0 Å². The summed E-state index contributed by atoms with van der Waals surface area (Å²) in [7, 11) is 0. The maximum absolute atomic E-state index is 11.5. The Hall–Kier alpha value is -0.650. The fourth-order valence-electron chi connectivity index (χ4n) is 3.31. The van der Waals surface area contributed by atoms with Gasteiger partial charge in [0.05, 0.1) is 6.10 Å². The molecule has 0 aromatic heterocycles. The summed E-state index contributed by atoms with van der Waals surface area (Å²) in [4.78, 5) is 18.4. The maximum Gasteiger partial charge on any atom is 0.222 e. The van der Waals surface area contributed by atoms with E-state index in [1.807, 2.05) is 11.8 Å². The van der Waals surface area contributed by atoms with E-state index in [9.17, 15) is 9.90 Å². The van der Waals surface area contributed by atoms with Crippen molar-refractivity contribution in [3.8, 4) is 0 Å². The van der Waals surface area contributed by atoms with Crippen molar-refractivity contribution < 1.29 is 9.90 Å². The first-order chi connectivity index (χ1) is 9.56. The molecule has 116 valence electrons. The first kappa shape index (κ1) is 15.7. The van der Waals surface area contributed by atoms with E-state index < -0.39 is 0 Å². The molecule has 5 heteroatoms. The van der Waals surface area contributed by atoms with Gasteiger partial charge in [-0.2, -0.15) is 0 Å². The van der Waals surface area contributed by atoms with E-state index >= 15 is 0 Å². The van der Waals surface area contributed by atoms with Crippen LogP contribution in [0, 0.1) is 0 Å². The molecule has 2 atom stereocenters. The minimum Gasteiger partial charge on any atom is -0.392 e. The predicted octanol–water partition coefficient (Wildman–Crippen LogP) is 0.386. The topological polar surface area (TPSA) is 47.0 Å². The Bertz CT molecular complexity index is 322. The third-order valence-corrected chi connectivity index (χ3v) is 4.42. The van der Waals surface area contributed by atoms with Crippen LogP contribution in [0.4, 0.5) is 0 Å². The van der Waals surface area contributed by atoms with Crippen molar-refractivity contribution in [2.45, 2.75) is 45.3 Å². The number of hydrogen-bond donors (Lipinski definition) is 1. The summed E-state index contributed by atoms with van der Waals surface area (Å²) in [6.45, 7) is 11.0. The highest BCUT2D eigenvalue weighted by Crippen LogP contribution is 2.12. The highest BCUT2D eigenvalue weighted by molar-refractivity contribution is 5.77. The van der Waals surface area contributed by atoms with Crippen molar-refractivity contribution in [2.24, 2.45) is 0 Å². The monoisotopic (exact) mass is 283 g/mol. The molecular weight excluding hydrogens is 254 g/mol. The van der Waals surface area contributed by atoms with Crippen LogP contribution in [-0.4, -0.2) is 83.7 Å². The van der Waals surface area contributed by atoms with Gasteiger partial charge in [0.15, 0.2) is 0 Å². The molecule has 2 unspecified atom stereocenters. The van der Waals surface area contributed by atoms with Gasteiger partial charge in [0.25, 0.3) is 0 Å². The standard InChI is InChI=1S/C15H29N3O2/c1-13-11-16(9-10-18(13)12-14(2)19)6-4-8-17-7-3-5-15(17)20/h13-14,19H,3-12H2,1-2H3. The molecule has 2 fully saturated rings. The van der Waals surface area contributed by atoms with Crippen LogP contribution in [0.25, 0.3) is 0 Å². The van der Waals surface area contributed by atoms with Crippen LogP contribution >= 0.6 is 0 Å². The van der Waals surface area contributed by atoms with Crippen molar-refractivity contribution in [1.82, 2.24) is 14.7 Å². The number of aliphatic hydroxyl groups excluding tert-OH is 1. The van der Waals surface area contributed by atoms with Gasteiger partial charge in [0.1, 0.15) is 0 Å². The van der Waals surface area contributed by atoms with Crippen molar-refractivity contribution in [1.29, 1.82) is 0 Å². The Labute approximate surface area is 122 Å². The number of piperazine rings is 1. The molecule has 2 saturated heterocycles. The van der Waals surface area contributed by atoms with E-state index in [0.717, 1.165) is 65.1 Å². The predicted molar refractivity (Wildman–Crippen MR) is 79.6 cm³/mol. The molecule has 2 aliphatic heterocycles. The minimum absolute atomic E-state index is 0.245.